The summed E-state index contributed by atoms with van der Waals surface area (Å²) in [6.45, 7) is 0.626. The highest BCUT2D eigenvalue weighted by molar-refractivity contribution is 5.39. The third-order valence-corrected chi connectivity index (χ3v) is 3.60. The predicted octanol–water partition coefficient (Wildman–Crippen LogP) is 0.814. The molecule has 0 aromatic rings. The van der Waals surface area contributed by atoms with E-state index in [1.54, 1.807) is 0 Å². The molecule has 0 saturated heterocycles. The van der Waals surface area contributed by atoms with Crippen LogP contribution < -0.4 is 0 Å². The number of hydrogen-bond acceptors (Lipinski definition) is 2. The van der Waals surface area contributed by atoms with E-state index in [1.807, 2.05) is 0 Å². The van der Waals surface area contributed by atoms with E-state index in [9.17, 15) is 4.79 Å². The fraction of sp³-hybridized carbons (Fsp3) is 0.875. The Morgan fingerprint density at radius 3 is 2.40 bits per heavy atom. The van der Waals surface area contributed by atoms with Crippen molar-refractivity contribution in [2.45, 2.75) is 18.9 Å². The van der Waals surface area contributed by atoms with Crippen molar-refractivity contribution in [2.24, 2.45) is 23.7 Å². The first kappa shape index (κ1) is 5.16. The van der Waals surface area contributed by atoms with Crippen LogP contribution >= 0.6 is 0 Å². The lowest BCUT2D eigenvalue weighted by molar-refractivity contribution is -0.135. The molecule has 4 aliphatic carbocycles. The van der Waals surface area contributed by atoms with Gasteiger partial charge >= 0.3 is 0 Å². The molecule has 2 heteroatoms. The topological polar surface area (TPSA) is 26.3 Å². The maximum Gasteiger partial charge on any atom is 0.293 e. The van der Waals surface area contributed by atoms with Crippen LogP contribution in [-0.4, -0.2) is 12.6 Å². The Bertz CT molecular complexity index is 176. The number of rotatable bonds is 2. The largest absolute Gasteiger partial charge is 0.464 e. The average molecular weight is 138 g/mol. The zero-order valence-electron chi connectivity index (χ0n) is 5.69. The Morgan fingerprint density at radius 1 is 1.30 bits per heavy atom. The first-order chi connectivity index (χ1) is 4.92. The van der Waals surface area contributed by atoms with Crippen LogP contribution in [0, 0.1) is 23.7 Å². The van der Waals surface area contributed by atoms with E-state index < -0.39 is 0 Å². The number of carbonyl (C=O) groups is 1. The molecule has 0 amide bonds. The first-order valence-electron chi connectivity index (χ1n) is 4.01. The Hall–Kier alpha value is -0.530. The van der Waals surface area contributed by atoms with Crippen molar-refractivity contribution in [1.82, 2.24) is 0 Å². The maximum atomic E-state index is 10.1. The minimum absolute atomic E-state index is 0.326. The molecule has 0 aromatic heterocycles. The van der Waals surface area contributed by atoms with E-state index in [0.29, 0.717) is 12.6 Å². The van der Waals surface area contributed by atoms with Crippen LogP contribution in [0.25, 0.3) is 0 Å². The molecule has 0 aliphatic heterocycles. The molecule has 54 valence electrons. The number of carbonyl (C=O) groups excluding carboxylic acids is 1. The van der Waals surface area contributed by atoms with Crippen molar-refractivity contribution >= 4 is 6.47 Å². The second kappa shape index (κ2) is 1.39. The molecular formula is C8H10O2. The van der Waals surface area contributed by atoms with Crippen molar-refractivity contribution in [3.8, 4) is 0 Å². The molecule has 0 aromatic carbocycles. The molecule has 0 unspecified atom stereocenters. The van der Waals surface area contributed by atoms with Crippen molar-refractivity contribution in [1.29, 1.82) is 0 Å². The molecule has 0 radical (unpaired) electrons. The van der Waals surface area contributed by atoms with Gasteiger partial charge in [0.05, 0.1) is 0 Å². The highest BCUT2D eigenvalue weighted by Gasteiger charge is 2.69. The quantitative estimate of drug-likeness (QED) is 0.528. The molecule has 4 saturated carbocycles. The second-order valence-corrected chi connectivity index (χ2v) is 3.83. The van der Waals surface area contributed by atoms with Crippen molar-refractivity contribution in [3.05, 3.63) is 0 Å². The van der Waals surface area contributed by atoms with E-state index in [0.717, 1.165) is 23.7 Å². The number of ether oxygens (including phenoxy) is 1. The van der Waals surface area contributed by atoms with E-state index in [4.69, 9.17) is 4.74 Å². The lowest BCUT2D eigenvalue weighted by atomic mass is 10.1. The highest BCUT2D eigenvalue weighted by atomic mass is 16.5. The molecule has 4 aliphatic rings. The fourth-order valence-corrected chi connectivity index (χ4v) is 3.27. The molecule has 10 heavy (non-hydrogen) atoms. The molecule has 4 bridgehead atoms. The van der Waals surface area contributed by atoms with Gasteiger partial charge in [-0.15, -0.1) is 0 Å². The summed E-state index contributed by atoms with van der Waals surface area (Å²) in [7, 11) is 0. The molecule has 3 atom stereocenters. The second-order valence-electron chi connectivity index (χ2n) is 3.83. The molecular weight excluding hydrogens is 128 g/mol. The van der Waals surface area contributed by atoms with Crippen LogP contribution in [0.15, 0.2) is 0 Å². The standard InChI is InChI=1S/C8H10O2/c9-3-10-8-4-1-5-6(2-4)7(5)8/h3-8H,1-2H2/t4?,5-,6-,7?,8-/m1/s1. The summed E-state index contributed by atoms with van der Waals surface area (Å²) in [5.74, 6) is 3.44. The van der Waals surface area contributed by atoms with E-state index >= 15 is 0 Å². The van der Waals surface area contributed by atoms with Gasteiger partial charge in [-0.1, -0.05) is 0 Å². The zero-order chi connectivity index (χ0) is 6.72. The predicted molar refractivity (Wildman–Crippen MR) is 34.1 cm³/mol. The monoisotopic (exact) mass is 138 g/mol. The van der Waals surface area contributed by atoms with Gasteiger partial charge in [0.25, 0.3) is 6.47 Å². The van der Waals surface area contributed by atoms with Crippen LogP contribution in [0.1, 0.15) is 12.8 Å². The van der Waals surface area contributed by atoms with Gasteiger partial charge in [-0.3, -0.25) is 4.79 Å². The summed E-state index contributed by atoms with van der Waals surface area (Å²) in [6.07, 6.45) is 3.01. The molecule has 0 N–H and O–H groups in total. The summed E-state index contributed by atoms with van der Waals surface area (Å²) in [5.41, 5.74) is 0. The van der Waals surface area contributed by atoms with Gasteiger partial charge in [0, 0.05) is 5.92 Å². The van der Waals surface area contributed by atoms with E-state index in [-0.39, 0.29) is 0 Å². The van der Waals surface area contributed by atoms with Crippen LogP contribution in [0.5, 0.6) is 0 Å². The Balaban J connectivity index is 1.84. The maximum absolute atomic E-state index is 10.1. The normalized spacial score (nSPS) is 60.6. The summed E-state index contributed by atoms with van der Waals surface area (Å²) in [6, 6.07) is 0. The van der Waals surface area contributed by atoms with Crippen LogP contribution in [-0.2, 0) is 9.53 Å². The SMILES string of the molecule is O=CO[C@@H]1C2C[C@H]3C1[C@@H]3C2. The summed E-state index contributed by atoms with van der Waals surface area (Å²) < 4.78 is 5.03. The Kier molecular flexibility index (Phi) is 0.715. The van der Waals surface area contributed by atoms with Crippen molar-refractivity contribution in [2.75, 3.05) is 0 Å². The minimum Gasteiger partial charge on any atom is -0.464 e. The third-order valence-electron chi connectivity index (χ3n) is 3.60. The summed E-state index contributed by atoms with van der Waals surface area (Å²) >= 11 is 0. The molecule has 4 fully saturated rings. The van der Waals surface area contributed by atoms with E-state index in [2.05, 4.69) is 0 Å². The lowest BCUT2D eigenvalue weighted by Gasteiger charge is -2.10. The molecule has 2 nitrogen and oxygen atoms in total. The van der Waals surface area contributed by atoms with Gasteiger partial charge in [0.15, 0.2) is 0 Å². The first-order valence-corrected chi connectivity index (χ1v) is 4.01. The summed E-state index contributed by atoms with van der Waals surface area (Å²) in [5, 5.41) is 0. The molecule has 4 rings (SSSR count). The zero-order valence-corrected chi connectivity index (χ0v) is 5.69. The molecule has 0 heterocycles. The van der Waals surface area contributed by atoms with Crippen molar-refractivity contribution < 1.29 is 9.53 Å². The average Bonchev–Trinajstić information content (AvgIpc) is 2.38. The van der Waals surface area contributed by atoms with Crippen molar-refractivity contribution in [3.63, 3.8) is 0 Å². The van der Waals surface area contributed by atoms with Gasteiger partial charge in [0.1, 0.15) is 6.10 Å². The van der Waals surface area contributed by atoms with Crippen LogP contribution in [0.3, 0.4) is 0 Å². The highest BCUT2D eigenvalue weighted by Crippen LogP contribution is 2.71. The van der Waals surface area contributed by atoms with Gasteiger partial charge in [-0.25, -0.2) is 0 Å². The van der Waals surface area contributed by atoms with Crippen LogP contribution in [0.2, 0.25) is 0 Å². The Morgan fingerprint density at radius 2 is 2.00 bits per heavy atom. The van der Waals surface area contributed by atoms with Gasteiger partial charge < -0.3 is 4.74 Å². The van der Waals surface area contributed by atoms with Gasteiger partial charge in [0.2, 0.25) is 0 Å². The minimum atomic E-state index is 0.326. The van der Waals surface area contributed by atoms with Gasteiger partial charge in [-0.05, 0) is 30.6 Å². The van der Waals surface area contributed by atoms with E-state index in [1.165, 1.54) is 12.8 Å². The third kappa shape index (κ3) is 0.386. The lowest BCUT2D eigenvalue weighted by Crippen LogP contribution is -2.15. The van der Waals surface area contributed by atoms with Crippen LogP contribution in [0.4, 0.5) is 0 Å². The summed E-state index contributed by atoms with van der Waals surface area (Å²) in [4.78, 5) is 10.1. The van der Waals surface area contributed by atoms with Gasteiger partial charge in [-0.2, -0.15) is 0 Å². The number of hydrogen-bond donors (Lipinski definition) is 0. The molecule has 0 spiro atoms. The smallest absolute Gasteiger partial charge is 0.293 e. The Labute approximate surface area is 59.6 Å². The fourth-order valence-electron chi connectivity index (χ4n) is 3.27.